The molecule has 1 fully saturated rings. The van der Waals surface area contributed by atoms with Gasteiger partial charge in [0.05, 0.1) is 11.9 Å². The van der Waals surface area contributed by atoms with Crippen LogP contribution in [0, 0.1) is 0 Å². The van der Waals surface area contributed by atoms with Gasteiger partial charge in [-0.15, -0.1) is 0 Å². The molecule has 1 aromatic carbocycles. The van der Waals surface area contributed by atoms with Crippen molar-refractivity contribution in [2.24, 2.45) is 0 Å². The van der Waals surface area contributed by atoms with E-state index in [1.165, 1.54) is 0 Å². The van der Waals surface area contributed by atoms with E-state index in [0.717, 1.165) is 5.56 Å². The van der Waals surface area contributed by atoms with E-state index in [-0.39, 0.29) is 11.9 Å². The van der Waals surface area contributed by atoms with Crippen LogP contribution in [0.4, 0.5) is 11.8 Å². The van der Waals surface area contributed by atoms with Crippen LogP contribution in [0.1, 0.15) is 6.92 Å². The Morgan fingerprint density at radius 3 is 2.44 bits per heavy atom. The number of halogens is 1. The zero-order valence-electron chi connectivity index (χ0n) is 14.8. The zero-order valence-corrected chi connectivity index (χ0v) is 15.5. The van der Waals surface area contributed by atoms with Crippen molar-refractivity contribution in [1.29, 1.82) is 0 Å². The number of piperazine rings is 1. The van der Waals surface area contributed by atoms with Gasteiger partial charge in [0.15, 0.2) is 17.0 Å². The van der Waals surface area contributed by atoms with Gasteiger partial charge in [-0.3, -0.25) is 4.79 Å². The molecule has 0 bridgehead atoms. The third-order valence-corrected chi connectivity index (χ3v) is 4.82. The second kappa shape index (κ2) is 6.96. The highest BCUT2D eigenvalue weighted by Gasteiger charge is 2.23. The first-order chi connectivity index (χ1) is 13.0. The number of nitrogen functional groups attached to an aromatic ring is 1. The fraction of sp³-hybridized carbons (Fsp3) is 0.278. The first-order valence-corrected chi connectivity index (χ1v) is 8.96. The van der Waals surface area contributed by atoms with Crippen molar-refractivity contribution in [2.45, 2.75) is 6.92 Å². The van der Waals surface area contributed by atoms with Crippen molar-refractivity contribution < 1.29 is 4.79 Å². The Morgan fingerprint density at radius 2 is 1.78 bits per heavy atom. The van der Waals surface area contributed by atoms with E-state index in [4.69, 9.17) is 22.3 Å². The quantitative estimate of drug-likeness (QED) is 0.722. The highest BCUT2D eigenvalue weighted by atomic mass is 35.5. The van der Waals surface area contributed by atoms with Crippen LogP contribution in [0.2, 0.25) is 5.02 Å². The minimum atomic E-state index is 0.0755. The van der Waals surface area contributed by atoms with Gasteiger partial charge in [0.1, 0.15) is 0 Å². The molecule has 0 atom stereocenters. The van der Waals surface area contributed by atoms with Crippen LogP contribution < -0.4 is 10.6 Å². The average molecular weight is 384 g/mol. The Morgan fingerprint density at radius 1 is 1.07 bits per heavy atom. The maximum Gasteiger partial charge on any atom is 0.224 e. The largest absolute Gasteiger partial charge is 0.368 e. The van der Waals surface area contributed by atoms with Crippen LogP contribution in [0.3, 0.4) is 0 Å². The predicted molar refractivity (Wildman–Crippen MR) is 104 cm³/mol. The van der Waals surface area contributed by atoms with E-state index in [1.54, 1.807) is 13.1 Å². The van der Waals surface area contributed by atoms with Crippen molar-refractivity contribution in [3.8, 4) is 11.3 Å². The lowest BCUT2D eigenvalue weighted by molar-refractivity contribution is -0.129. The molecule has 1 aliphatic heterocycles. The molecule has 0 saturated carbocycles. The fourth-order valence-electron chi connectivity index (χ4n) is 3.12. The molecule has 2 N–H and O–H groups in total. The summed E-state index contributed by atoms with van der Waals surface area (Å²) in [5, 5.41) is 0.660. The fourth-order valence-corrected chi connectivity index (χ4v) is 3.25. The number of amides is 1. The summed E-state index contributed by atoms with van der Waals surface area (Å²) in [5.74, 6) is 0.871. The molecule has 2 aromatic heterocycles. The Bertz CT molecular complexity index is 1000. The molecule has 4 rings (SSSR count). The molecule has 0 spiro atoms. The van der Waals surface area contributed by atoms with Crippen LogP contribution in [-0.4, -0.2) is 56.9 Å². The SMILES string of the molecule is CC(=O)N1CCN(c2nc(N)nc3ncc(-c4ccc(Cl)cc4)nc23)CC1. The molecular formula is C18H18ClN7O. The van der Waals surface area contributed by atoms with Crippen molar-refractivity contribution in [3.05, 3.63) is 35.5 Å². The molecule has 3 heterocycles. The smallest absolute Gasteiger partial charge is 0.224 e. The molecule has 0 radical (unpaired) electrons. The number of fused-ring (bicyclic) bond motifs is 1. The minimum absolute atomic E-state index is 0.0755. The van der Waals surface area contributed by atoms with E-state index in [0.29, 0.717) is 53.9 Å². The van der Waals surface area contributed by atoms with Gasteiger partial charge >= 0.3 is 0 Å². The lowest BCUT2D eigenvalue weighted by Gasteiger charge is -2.35. The first-order valence-electron chi connectivity index (χ1n) is 8.58. The summed E-state index contributed by atoms with van der Waals surface area (Å²) in [4.78, 5) is 33.2. The number of benzene rings is 1. The Hall–Kier alpha value is -3.00. The molecule has 1 saturated heterocycles. The highest BCUT2D eigenvalue weighted by Crippen LogP contribution is 2.26. The Balaban J connectivity index is 1.74. The van der Waals surface area contributed by atoms with Crippen LogP contribution >= 0.6 is 11.6 Å². The van der Waals surface area contributed by atoms with Crippen LogP contribution in [-0.2, 0) is 4.79 Å². The summed E-state index contributed by atoms with van der Waals surface area (Å²) in [7, 11) is 0. The number of nitrogens with zero attached hydrogens (tertiary/aromatic N) is 6. The van der Waals surface area contributed by atoms with Crippen molar-refractivity contribution >= 4 is 40.4 Å². The van der Waals surface area contributed by atoms with Gasteiger partial charge in [0.25, 0.3) is 0 Å². The summed E-state index contributed by atoms with van der Waals surface area (Å²) in [6.45, 7) is 4.14. The van der Waals surface area contributed by atoms with E-state index >= 15 is 0 Å². The number of carbonyl (C=O) groups excluding carboxylic acids is 1. The molecule has 8 nitrogen and oxygen atoms in total. The lowest BCUT2D eigenvalue weighted by Crippen LogP contribution is -2.48. The van der Waals surface area contributed by atoms with Crippen LogP contribution in [0.25, 0.3) is 22.4 Å². The second-order valence-corrected chi connectivity index (χ2v) is 6.77. The van der Waals surface area contributed by atoms with Gasteiger partial charge in [-0.25, -0.2) is 9.97 Å². The Labute approximate surface area is 161 Å². The van der Waals surface area contributed by atoms with E-state index < -0.39 is 0 Å². The van der Waals surface area contributed by atoms with E-state index in [9.17, 15) is 4.79 Å². The van der Waals surface area contributed by atoms with Crippen LogP contribution in [0.15, 0.2) is 30.5 Å². The minimum Gasteiger partial charge on any atom is -0.368 e. The van der Waals surface area contributed by atoms with Gasteiger partial charge in [0, 0.05) is 43.7 Å². The molecule has 138 valence electrons. The van der Waals surface area contributed by atoms with E-state index in [1.807, 2.05) is 29.2 Å². The standard InChI is InChI=1S/C18H18ClN7O/c1-11(27)25-6-8-26(9-7-25)17-15-16(23-18(20)24-17)21-10-14(22-15)12-2-4-13(19)5-3-12/h2-5,10H,6-9H2,1H3,(H2,20,21,23,24). The lowest BCUT2D eigenvalue weighted by atomic mass is 10.1. The monoisotopic (exact) mass is 383 g/mol. The topological polar surface area (TPSA) is 101 Å². The Kier molecular flexibility index (Phi) is 4.49. The van der Waals surface area contributed by atoms with Gasteiger partial charge in [-0.05, 0) is 12.1 Å². The number of rotatable bonds is 2. The molecule has 1 aliphatic rings. The van der Waals surface area contributed by atoms with Crippen molar-refractivity contribution in [3.63, 3.8) is 0 Å². The second-order valence-electron chi connectivity index (χ2n) is 6.33. The molecule has 27 heavy (non-hydrogen) atoms. The first kappa shape index (κ1) is 17.4. The number of anilines is 2. The molecule has 1 amide bonds. The summed E-state index contributed by atoms with van der Waals surface area (Å²) in [6.07, 6.45) is 1.66. The van der Waals surface area contributed by atoms with Crippen molar-refractivity contribution in [1.82, 2.24) is 24.8 Å². The maximum atomic E-state index is 11.6. The summed E-state index contributed by atoms with van der Waals surface area (Å²) < 4.78 is 0. The number of hydrogen-bond donors (Lipinski definition) is 1. The molecule has 9 heteroatoms. The maximum absolute atomic E-state index is 11.6. The van der Waals surface area contributed by atoms with E-state index in [2.05, 4.69) is 19.9 Å². The van der Waals surface area contributed by atoms with Gasteiger partial charge in [0.2, 0.25) is 11.9 Å². The molecule has 0 unspecified atom stereocenters. The zero-order chi connectivity index (χ0) is 19.0. The molecular weight excluding hydrogens is 366 g/mol. The highest BCUT2D eigenvalue weighted by molar-refractivity contribution is 6.30. The average Bonchev–Trinajstić information content (AvgIpc) is 2.68. The third kappa shape index (κ3) is 3.48. The third-order valence-electron chi connectivity index (χ3n) is 4.57. The molecule has 3 aromatic rings. The number of hydrogen-bond acceptors (Lipinski definition) is 7. The number of carbonyl (C=O) groups is 1. The molecule has 0 aliphatic carbocycles. The van der Waals surface area contributed by atoms with Crippen LogP contribution in [0.5, 0.6) is 0 Å². The van der Waals surface area contributed by atoms with Crippen molar-refractivity contribution in [2.75, 3.05) is 36.8 Å². The summed E-state index contributed by atoms with van der Waals surface area (Å²) >= 11 is 5.97. The summed E-state index contributed by atoms with van der Waals surface area (Å²) in [5.41, 5.74) is 8.52. The van der Waals surface area contributed by atoms with Gasteiger partial charge in [-0.1, -0.05) is 23.7 Å². The number of aromatic nitrogens is 4. The number of nitrogens with two attached hydrogens (primary N) is 1. The predicted octanol–water partition coefficient (Wildman–Crippen LogP) is 1.99. The van der Waals surface area contributed by atoms with Gasteiger partial charge < -0.3 is 15.5 Å². The van der Waals surface area contributed by atoms with Gasteiger partial charge in [-0.2, -0.15) is 9.97 Å². The summed E-state index contributed by atoms with van der Waals surface area (Å²) in [6, 6.07) is 7.40. The normalized spacial score (nSPS) is 14.6.